The van der Waals surface area contributed by atoms with Crippen molar-refractivity contribution in [2.45, 2.75) is 52.6 Å². The third kappa shape index (κ3) is 1.76. The van der Waals surface area contributed by atoms with Crippen molar-refractivity contribution in [3.05, 3.63) is 0 Å². The SMILES string of the molecule is CC(C)C1CC2CC2CN1C(C)C. The normalized spacial score (nSPS) is 39.7. The largest absolute Gasteiger partial charge is 0.297 e. The maximum atomic E-state index is 2.73. The van der Waals surface area contributed by atoms with E-state index in [0.29, 0.717) is 0 Å². The lowest BCUT2D eigenvalue weighted by atomic mass is 9.91. The van der Waals surface area contributed by atoms with Crippen LogP contribution in [0, 0.1) is 17.8 Å². The van der Waals surface area contributed by atoms with Crippen LogP contribution in [0.15, 0.2) is 0 Å². The van der Waals surface area contributed by atoms with Crippen LogP contribution < -0.4 is 0 Å². The summed E-state index contributed by atoms with van der Waals surface area (Å²) < 4.78 is 0. The topological polar surface area (TPSA) is 3.24 Å². The van der Waals surface area contributed by atoms with Gasteiger partial charge in [0.15, 0.2) is 0 Å². The standard InChI is InChI=1S/C12H23N/c1-8(2)12-6-10-5-11(10)7-13(12)9(3)4/h8-12H,5-7H2,1-4H3. The molecule has 0 N–H and O–H groups in total. The van der Waals surface area contributed by atoms with Gasteiger partial charge in [-0.15, -0.1) is 0 Å². The van der Waals surface area contributed by atoms with Crippen molar-refractivity contribution in [3.63, 3.8) is 0 Å². The number of hydrogen-bond donors (Lipinski definition) is 0. The molecule has 2 aliphatic rings. The summed E-state index contributed by atoms with van der Waals surface area (Å²) in [4.78, 5) is 2.73. The average Bonchev–Trinajstić information content (AvgIpc) is 2.78. The van der Waals surface area contributed by atoms with Gasteiger partial charge < -0.3 is 0 Å². The van der Waals surface area contributed by atoms with Gasteiger partial charge >= 0.3 is 0 Å². The summed E-state index contributed by atoms with van der Waals surface area (Å²) in [6.07, 6.45) is 2.99. The smallest absolute Gasteiger partial charge is 0.0124 e. The molecule has 0 aromatic heterocycles. The van der Waals surface area contributed by atoms with Crippen molar-refractivity contribution >= 4 is 0 Å². The number of piperidine rings is 1. The van der Waals surface area contributed by atoms with Crippen molar-refractivity contribution in [2.24, 2.45) is 17.8 Å². The molecule has 0 aromatic rings. The lowest BCUT2D eigenvalue weighted by Crippen LogP contribution is -2.47. The first kappa shape index (κ1) is 9.51. The lowest BCUT2D eigenvalue weighted by molar-refractivity contribution is 0.0752. The first-order valence-corrected chi connectivity index (χ1v) is 5.85. The van der Waals surface area contributed by atoms with Crippen LogP contribution in [0.5, 0.6) is 0 Å². The molecular weight excluding hydrogens is 158 g/mol. The van der Waals surface area contributed by atoms with Crippen LogP contribution in [-0.2, 0) is 0 Å². The van der Waals surface area contributed by atoms with Crippen molar-refractivity contribution in [1.82, 2.24) is 4.90 Å². The Bertz CT molecular complexity index is 166. The molecule has 2 rings (SSSR count). The Balaban J connectivity index is 2.03. The molecule has 76 valence electrons. The van der Waals surface area contributed by atoms with E-state index in [-0.39, 0.29) is 0 Å². The number of nitrogens with zero attached hydrogens (tertiary/aromatic N) is 1. The summed E-state index contributed by atoms with van der Waals surface area (Å²) >= 11 is 0. The van der Waals surface area contributed by atoms with E-state index >= 15 is 0 Å². The molecule has 1 aliphatic heterocycles. The van der Waals surface area contributed by atoms with E-state index in [0.717, 1.165) is 29.8 Å². The van der Waals surface area contributed by atoms with Gasteiger partial charge in [0.05, 0.1) is 0 Å². The Morgan fingerprint density at radius 1 is 1.00 bits per heavy atom. The lowest BCUT2D eigenvalue weighted by Gasteiger charge is -2.40. The van der Waals surface area contributed by atoms with Crippen molar-refractivity contribution < 1.29 is 0 Å². The zero-order valence-corrected chi connectivity index (χ0v) is 9.46. The highest BCUT2D eigenvalue weighted by Gasteiger charge is 2.46. The number of fused-ring (bicyclic) bond motifs is 1. The molecule has 0 amide bonds. The Labute approximate surface area is 82.5 Å². The van der Waals surface area contributed by atoms with Crippen LogP contribution in [0.1, 0.15) is 40.5 Å². The Morgan fingerprint density at radius 2 is 1.69 bits per heavy atom. The van der Waals surface area contributed by atoms with E-state index in [1.54, 1.807) is 0 Å². The van der Waals surface area contributed by atoms with Crippen LogP contribution in [-0.4, -0.2) is 23.5 Å². The highest BCUT2D eigenvalue weighted by Crippen LogP contribution is 2.48. The Hall–Kier alpha value is -0.0400. The third-order valence-electron chi connectivity index (χ3n) is 3.92. The minimum atomic E-state index is 0.744. The molecule has 1 saturated heterocycles. The zero-order chi connectivity index (χ0) is 9.59. The number of hydrogen-bond acceptors (Lipinski definition) is 1. The second-order valence-electron chi connectivity index (χ2n) is 5.59. The summed E-state index contributed by atoms with van der Waals surface area (Å²) in [7, 11) is 0. The van der Waals surface area contributed by atoms with Gasteiger partial charge in [0.25, 0.3) is 0 Å². The van der Waals surface area contributed by atoms with E-state index in [4.69, 9.17) is 0 Å². The second kappa shape index (κ2) is 3.27. The quantitative estimate of drug-likeness (QED) is 0.633. The van der Waals surface area contributed by atoms with Gasteiger partial charge in [-0.05, 0) is 44.4 Å². The van der Waals surface area contributed by atoms with E-state index in [1.165, 1.54) is 19.4 Å². The molecule has 0 bridgehead atoms. The molecular formula is C12H23N. The highest BCUT2D eigenvalue weighted by atomic mass is 15.2. The number of rotatable bonds is 2. The minimum Gasteiger partial charge on any atom is -0.297 e. The van der Waals surface area contributed by atoms with Gasteiger partial charge in [-0.1, -0.05) is 13.8 Å². The third-order valence-corrected chi connectivity index (χ3v) is 3.92. The van der Waals surface area contributed by atoms with Crippen molar-refractivity contribution in [1.29, 1.82) is 0 Å². The Morgan fingerprint density at radius 3 is 2.23 bits per heavy atom. The second-order valence-corrected chi connectivity index (χ2v) is 5.59. The molecule has 1 heteroatoms. The van der Waals surface area contributed by atoms with Crippen LogP contribution in [0.2, 0.25) is 0 Å². The fourth-order valence-electron chi connectivity index (χ4n) is 2.92. The fourth-order valence-corrected chi connectivity index (χ4v) is 2.92. The summed E-state index contributed by atoms with van der Waals surface area (Å²) in [5.41, 5.74) is 0. The summed E-state index contributed by atoms with van der Waals surface area (Å²) in [5, 5.41) is 0. The van der Waals surface area contributed by atoms with Gasteiger partial charge in [-0.2, -0.15) is 0 Å². The molecule has 13 heavy (non-hydrogen) atoms. The molecule has 1 aliphatic carbocycles. The van der Waals surface area contributed by atoms with Gasteiger partial charge in [0.1, 0.15) is 0 Å². The van der Waals surface area contributed by atoms with Gasteiger partial charge in [-0.3, -0.25) is 4.90 Å². The first-order valence-electron chi connectivity index (χ1n) is 5.85. The van der Waals surface area contributed by atoms with Crippen molar-refractivity contribution in [2.75, 3.05) is 6.54 Å². The summed E-state index contributed by atoms with van der Waals surface area (Å²) in [6.45, 7) is 10.8. The summed E-state index contributed by atoms with van der Waals surface area (Å²) in [6, 6.07) is 1.61. The van der Waals surface area contributed by atoms with Gasteiger partial charge in [0.2, 0.25) is 0 Å². The summed E-state index contributed by atoms with van der Waals surface area (Å²) in [5.74, 6) is 3.00. The molecule has 0 aromatic carbocycles. The van der Waals surface area contributed by atoms with Crippen LogP contribution in [0.3, 0.4) is 0 Å². The molecule has 1 saturated carbocycles. The van der Waals surface area contributed by atoms with E-state index < -0.39 is 0 Å². The van der Waals surface area contributed by atoms with Gasteiger partial charge in [-0.25, -0.2) is 0 Å². The van der Waals surface area contributed by atoms with Crippen LogP contribution in [0.25, 0.3) is 0 Å². The van der Waals surface area contributed by atoms with E-state index in [9.17, 15) is 0 Å². The van der Waals surface area contributed by atoms with E-state index in [1.807, 2.05) is 0 Å². The molecule has 3 atom stereocenters. The first-order chi connectivity index (χ1) is 6.09. The molecule has 3 unspecified atom stereocenters. The predicted molar refractivity (Wildman–Crippen MR) is 56.7 cm³/mol. The van der Waals surface area contributed by atoms with Crippen LogP contribution >= 0.6 is 0 Å². The monoisotopic (exact) mass is 181 g/mol. The van der Waals surface area contributed by atoms with Gasteiger partial charge in [0, 0.05) is 18.6 Å². The Kier molecular flexibility index (Phi) is 2.39. The molecule has 0 radical (unpaired) electrons. The van der Waals surface area contributed by atoms with Crippen molar-refractivity contribution in [3.8, 4) is 0 Å². The molecule has 1 heterocycles. The molecule has 1 nitrogen and oxygen atoms in total. The fraction of sp³-hybridized carbons (Fsp3) is 1.00. The number of likely N-dealkylation sites (tertiary alicyclic amines) is 1. The predicted octanol–water partition coefficient (Wildman–Crippen LogP) is 2.76. The zero-order valence-electron chi connectivity index (χ0n) is 9.46. The van der Waals surface area contributed by atoms with E-state index in [2.05, 4.69) is 32.6 Å². The van der Waals surface area contributed by atoms with Crippen LogP contribution in [0.4, 0.5) is 0 Å². The minimum absolute atomic E-state index is 0.744. The molecule has 0 spiro atoms. The highest BCUT2D eigenvalue weighted by molar-refractivity contribution is 4.98. The maximum absolute atomic E-state index is 2.73. The maximum Gasteiger partial charge on any atom is 0.0124 e. The molecule has 2 fully saturated rings. The average molecular weight is 181 g/mol.